The Kier molecular flexibility index (Phi) is 7.26. The predicted molar refractivity (Wildman–Crippen MR) is 246 cm³/mol. The summed E-state index contributed by atoms with van der Waals surface area (Å²) in [4.78, 5) is 10.7. The van der Waals surface area contributed by atoms with Crippen molar-refractivity contribution in [2.24, 2.45) is 0 Å². The standard InChI is InChI=1S/C56H34N2/c1-3-7-42-29-44(19-9-35(42)5-1)46-21-15-38-13-17-40-25-27-53(57-55(40)51(38)33-46)48-23-11-37-12-24-49(32-50(37)31-48)54-28-26-41-18-14-39-16-22-47(34-52(39)56(41)58-54)45-20-10-36-6-2-4-8-43(36)30-45/h1-34H. The van der Waals surface area contributed by atoms with E-state index in [-0.39, 0.29) is 0 Å². The Morgan fingerprint density at radius 1 is 0.207 bits per heavy atom. The first kappa shape index (κ1) is 32.6. The molecule has 0 bridgehead atoms. The second-order valence-electron chi connectivity index (χ2n) is 15.4. The highest BCUT2D eigenvalue weighted by molar-refractivity contribution is 6.09. The zero-order valence-electron chi connectivity index (χ0n) is 31.5. The first-order chi connectivity index (χ1) is 28.7. The summed E-state index contributed by atoms with van der Waals surface area (Å²) >= 11 is 0. The molecule has 10 aromatic carbocycles. The van der Waals surface area contributed by atoms with Gasteiger partial charge in [-0.05, 0) is 114 Å². The monoisotopic (exact) mass is 734 g/mol. The van der Waals surface area contributed by atoms with Gasteiger partial charge in [-0.15, -0.1) is 0 Å². The number of pyridine rings is 2. The molecule has 268 valence electrons. The summed E-state index contributed by atoms with van der Waals surface area (Å²) < 4.78 is 0. The van der Waals surface area contributed by atoms with Crippen LogP contribution in [0.1, 0.15) is 0 Å². The largest absolute Gasteiger partial charge is 0.247 e. The Morgan fingerprint density at radius 2 is 0.517 bits per heavy atom. The van der Waals surface area contributed by atoms with Crippen molar-refractivity contribution in [2.75, 3.05) is 0 Å². The van der Waals surface area contributed by atoms with Crippen molar-refractivity contribution < 1.29 is 0 Å². The maximum Gasteiger partial charge on any atom is 0.0788 e. The second kappa shape index (κ2) is 12.9. The summed E-state index contributed by atoms with van der Waals surface area (Å²) in [6.07, 6.45) is 0. The van der Waals surface area contributed by atoms with E-state index in [4.69, 9.17) is 9.97 Å². The molecule has 0 saturated carbocycles. The van der Waals surface area contributed by atoms with E-state index in [1.54, 1.807) is 0 Å². The molecule has 58 heavy (non-hydrogen) atoms. The lowest BCUT2D eigenvalue weighted by molar-refractivity contribution is 1.41. The molecule has 0 atom stereocenters. The van der Waals surface area contributed by atoms with Crippen LogP contribution in [0.15, 0.2) is 206 Å². The van der Waals surface area contributed by atoms with Gasteiger partial charge in [0.1, 0.15) is 0 Å². The molecule has 0 aliphatic heterocycles. The summed E-state index contributed by atoms with van der Waals surface area (Å²) in [6.45, 7) is 0. The highest BCUT2D eigenvalue weighted by Gasteiger charge is 2.12. The van der Waals surface area contributed by atoms with Crippen molar-refractivity contribution in [3.8, 4) is 44.8 Å². The SMILES string of the molecule is c1ccc2cc(-c3ccc4ccc5ccc(-c6ccc7ccc(-c8ccc9ccc%10ccc(-c%11ccc%12ccccc%12c%11)cc%10c9n8)cc7c6)nc5c4c3)ccc2c1. The van der Waals surface area contributed by atoms with E-state index in [2.05, 4.69) is 206 Å². The lowest BCUT2D eigenvalue weighted by Gasteiger charge is -2.11. The van der Waals surface area contributed by atoms with E-state index >= 15 is 0 Å². The molecule has 0 fully saturated rings. The third-order valence-electron chi connectivity index (χ3n) is 12.0. The third-order valence-corrected chi connectivity index (χ3v) is 12.0. The predicted octanol–water partition coefficient (Wildman–Crippen LogP) is 15.2. The van der Waals surface area contributed by atoms with Crippen LogP contribution in [0.25, 0.3) is 120 Å². The molecule has 0 spiro atoms. The van der Waals surface area contributed by atoms with Gasteiger partial charge in [-0.2, -0.15) is 0 Å². The summed E-state index contributed by atoms with van der Waals surface area (Å²) in [5.41, 5.74) is 10.9. The van der Waals surface area contributed by atoms with Crippen LogP contribution in [0.3, 0.4) is 0 Å². The minimum atomic E-state index is 0.959. The Morgan fingerprint density at radius 3 is 0.983 bits per heavy atom. The normalized spacial score (nSPS) is 11.8. The number of nitrogens with zero attached hydrogens (tertiary/aromatic N) is 2. The fourth-order valence-corrected chi connectivity index (χ4v) is 8.80. The molecule has 0 radical (unpaired) electrons. The fraction of sp³-hybridized carbons (Fsp3) is 0. The quantitative estimate of drug-likeness (QED) is 0.168. The Balaban J connectivity index is 0.927. The van der Waals surface area contributed by atoms with E-state index in [9.17, 15) is 0 Å². The van der Waals surface area contributed by atoms with Crippen LogP contribution in [0.4, 0.5) is 0 Å². The first-order valence-electron chi connectivity index (χ1n) is 19.9. The van der Waals surface area contributed by atoms with Crippen LogP contribution in [0.5, 0.6) is 0 Å². The molecule has 0 N–H and O–H groups in total. The molecule has 2 heterocycles. The van der Waals surface area contributed by atoms with E-state index in [1.165, 1.54) is 60.0 Å². The number of benzene rings is 10. The number of hydrogen-bond donors (Lipinski definition) is 0. The number of hydrogen-bond acceptors (Lipinski definition) is 2. The first-order valence-corrected chi connectivity index (χ1v) is 19.9. The van der Waals surface area contributed by atoms with E-state index in [0.29, 0.717) is 0 Å². The van der Waals surface area contributed by atoms with Crippen molar-refractivity contribution in [3.63, 3.8) is 0 Å². The highest BCUT2D eigenvalue weighted by atomic mass is 14.7. The molecular formula is C56H34N2. The van der Waals surface area contributed by atoms with Gasteiger partial charge in [0.05, 0.1) is 22.4 Å². The van der Waals surface area contributed by atoms with Crippen LogP contribution in [-0.2, 0) is 0 Å². The van der Waals surface area contributed by atoms with Gasteiger partial charge in [0.25, 0.3) is 0 Å². The molecule has 0 aliphatic rings. The summed E-state index contributed by atoms with van der Waals surface area (Å²) in [5, 5.41) is 14.3. The summed E-state index contributed by atoms with van der Waals surface area (Å²) in [7, 11) is 0. The lowest BCUT2D eigenvalue weighted by Crippen LogP contribution is -1.90. The third kappa shape index (κ3) is 5.50. The van der Waals surface area contributed by atoms with E-state index in [0.717, 1.165) is 60.5 Å². The van der Waals surface area contributed by atoms with E-state index in [1.807, 2.05) is 0 Å². The molecule has 2 nitrogen and oxygen atoms in total. The maximum absolute atomic E-state index is 5.34. The van der Waals surface area contributed by atoms with Gasteiger partial charge in [-0.3, -0.25) is 0 Å². The zero-order valence-corrected chi connectivity index (χ0v) is 31.5. The van der Waals surface area contributed by atoms with Gasteiger partial charge in [-0.1, -0.05) is 158 Å². The second-order valence-corrected chi connectivity index (χ2v) is 15.4. The van der Waals surface area contributed by atoms with Crippen LogP contribution in [-0.4, -0.2) is 9.97 Å². The molecule has 0 unspecified atom stereocenters. The van der Waals surface area contributed by atoms with Crippen LogP contribution >= 0.6 is 0 Å². The molecule has 0 aliphatic carbocycles. The highest BCUT2D eigenvalue weighted by Crippen LogP contribution is 2.36. The van der Waals surface area contributed by atoms with Gasteiger partial charge in [0.2, 0.25) is 0 Å². The summed E-state index contributed by atoms with van der Waals surface area (Å²) in [5.74, 6) is 0. The van der Waals surface area contributed by atoms with Crippen molar-refractivity contribution in [1.82, 2.24) is 9.97 Å². The summed E-state index contributed by atoms with van der Waals surface area (Å²) in [6, 6.07) is 74.8. The zero-order chi connectivity index (χ0) is 38.2. The fourth-order valence-electron chi connectivity index (χ4n) is 8.80. The van der Waals surface area contributed by atoms with Crippen LogP contribution in [0, 0.1) is 0 Å². The molecule has 12 aromatic rings. The minimum Gasteiger partial charge on any atom is -0.247 e. The van der Waals surface area contributed by atoms with Gasteiger partial charge >= 0.3 is 0 Å². The Bertz CT molecular complexity index is 3400. The molecule has 12 rings (SSSR count). The average molecular weight is 735 g/mol. The van der Waals surface area contributed by atoms with Gasteiger partial charge in [-0.25, -0.2) is 9.97 Å². The van der Waals surface area contributed by atoms with Gasteiger partial charge < -0.3 is 0 Å². The van der Waals surface area contributed by atoms with Crippen molar-refractivity contribution in [2.45, 2.75) is 0 Å². The molecule has 2 aromatic heterocycles. The topological polar surface area (TPSA) is 25.8 Å². The lowest BCUT2D eigenvalue weighted by atomic mass is 9.96. The molecule has 0 saturated heterocycles. The smallest absolute Gasteiger partial charge is 0.0788 e. The number of rotatable bonds is 4. The Hall–Kier alpha value is -7.68. The van der Waals surface area contributed by atoms with Crippen LogP contribution < -0.4 is 0 Å². The van der Waals surface area contributed by atoms with Crippen molar-refractivity contribution >= 4 is 75.7 Å². The molecule has 2 heteroatoms. The minimum absolute atomic E-state index is 0.959. The Labute approximate surface area is 335 Å². The average Bonchev–Trinajstić information content (AvgIpc) is 3.30. The van der Waals surface area contributed by atoms with Crippen molar-refractivity contribution in [1.29, 1.82) is 0 Å². The van der Waals surface area contributed by atoms with Crippen molar-refractivity contribution in [3.05, 3.63) is 206 Å². The maximum atomic E-state index is 5.34. The van der Waals surface area contributed by atoms with Crippen LogP contribution in [0.2, 0.25) is 0 Å². The van der Waals surface area contributed by atoms with Gasteiger partial charge in [0.15, 0.2) is 0 Å². The number of fused-ring (bicyclic) bond motifs is 9. The van der Waals surface area contributed by atoms with Gasteiger partial charge in [0, 0.05) is 32.7 Å². The van der Waals surface area contributed by atoms with E-state index < -0.39 is 0 Å². The molecule has 0 amide bonds. The number of aromatic nitrogens is 2. The molecular weight excluding hydrogens is 701 g/mol.